The first-order chi connectivity index (χ1) is 10.7. The molecule has 1 aromatic rings. The Kier molecular flexibility index (Phi) is 9.24. The summed E-state index contributed by atoms with van der Waals surface area (Å²) < 4.78 is 5.29. The first kappa shape index (κ1) is 18.4. The summed E-state index contributed by atoms with van der Waals surface area (Å²) >= 11 is 1.83. The van der Waals surface area contributed by atoms with Crippen molar-refractivity contribution in [2.75, 3.05) is 31.9 Å². The van der Waals surface area contributed by atoms with E-state index >= 15 is 0 Å². The first-order valence-corrected chi connectivity index (χ1v) is 8.63. The van der Waals surface area contributed by atoms with Crippen molar-refractivity contribution >= 4 is 17.4 Å². The fraction of sp³-hybridized carbons (Fsp3) is 0.368. The van der Waals surface area contributed by atoms with Gasteiger partial charge in [0.25, 0.3) is 0 Å². The van der Waals surface area contributed by atoms with Crippen molar-refractivity contribution in [3.05, 3.63) is 60.4 Å². The summed E-state index contributed by atoms with van der Waals surface area (Å²) in [7, 11) is 5.82. The molecule has 0 saturated carbocycles. The molecule has 0 aliphatic rings. The smallest absolute Gasteiger partial charge is 0.114 e. The lowest BCUT2D eigenvalue weighted by Gasteiger charge is -2.12. The van der Waals surface area contributed by atoms with Crippen LogP contribution in [0.3, 0.4) is 0 Å². The Balaban J connectivity index is 2.37. The van der Waals surface area contributed by atoms with Gasteiger partial charge in [0.1, 0.15) is 5.76 Å². The molecule has 0 amide bonds. The summed E-state index contributed by atoms with van der Waals surface area (Å²) in [5, 5.41) is 0. The van der Waals surface area contributed by atoms with Crippen molar-refractivity contribution in [1.29, 1.82) is 0 Å². The molecule has 0 aliphatic heterocycles. The number of methoxy groups -OCH3 is 1. The second-order valence-electron chi connectivity index (χ2n) is 5.09. The molecule has 0 aromatic heterocycles. The van der Waals surface area contributed by atoms with E-state index in [1.165, 1.54) is 10.6 Å². The lowest BCUT2D eigenvalue weighted by atomic mass is 10.3. The number of hydrogen-bond acceptors (Lipinski definition) is 3. The minimum absolute atomic E-state index is 0.929. The van der Waals surface area contributed by atoms with Crippen molar-refractivity contribution in [3.63, 3.8) is 0 Å². The van der Waals surface area contributed by atoms with E-state index in [9.17, 15) is 0 Å². The van der Waals surface area contributed by atoms with Gasteiger partial charge in [0.15, 0.2) is 0 Å². The van der Waals surface area contributed by atoms with E-state index in [4.69, 9.17) is 4.74 Å². The van der Waals surface area contributed by atoms with Gasteiger partial charge in [-0.1, -0.05) is 31.6 Å². The quantitative estimate of drug-likeness (QED) is 0.349. The van der Waals surface area contributed by atoms with Gasteiger partial charge in [0.05, 0.1) is 7.11 Å². The summed E-state index contributed by atoms with van der Waals surface area (Å²) in [6.45, 7) is 2.16. The van der Waals surface area contributed by atoms with Crippen LogP contribution in [0.5, 0.6) is 0 Å². The summed E-state index contributed by atoms with van der Waals surface area (Å²) in [6.07, 6.45) is 12.6. The molecule has 0 bridgehead atoms. The maximum Gasteiger partial charge on any atom is 0.114 e. The van der Waals surface area contributed by atoms with Crippen molar-refractivity contribution in [1.82, 2.24) is 0 Å². The molecule has 0 N–H and O–H groups in total. The number of ether oxygens (including phenoxy) is 1. The predicted octanol–water partition coefficient (Wildman–Crippen LogP) is 5.29. The van der Waals surface area contributed by atoms with E-state index in [1.54, 1.807) is 7.11 Å². The van der Waals surface area contributed by atoms with Gasteiger partial charge < -0.3 is 9.64 Å². The molecule has 120 valence electrons. The summed E-state index contributed by atoms with van der Waals surface area (Å²) in [5.41, 5.74) is 1.23. The Morgan fingerprint density at radius 3 is 2.50 bits per heavy atom. The Morgan fingerprint density at radius 1 is 1.18 bits per heavy atom. The van der Waals surface area contributed by atoms with Gasteiger partial charge in [-0.25, -0.2) is 0 Å². The molecule has 0 spiro atoms. The van der Waals surface area contributed by atoms with E-state index in [2.05, 4.69) is 68.4 Å². The Bertz CT molecular complexity index is 501. The molecular weight excluding hydrogens is 290 g/mol. The highest BCUT2D eigenvalue weighted by Crippen LogP contribution is 2.21. The van der Waals surface area contributed by atoms with Crippen LogP contribution >= 0.6 is 11.8 Å². The highest BCUT2D eigenvalue weighted by molar-refractivity contribution is 7.99. The Labute approximate surface area is 139 Å². The maximum atomic E-state index is 5.29. The standard InChI is InChI=1S/C19H27NOS/c1-5-6-10-18(21-4)11-8-7-9-16-22-19-14-12-17(13-15-19)20(2)3/h7-15H,5-6,16H2,1-4H3/b9-7+,11-8+,18-10+. The molecule has 2 nitrogen and oxygen atoms in total. The molecule has 0 unspecified atom stereocenters. The number of allylic oxidation sites excluding steroid dienone is 4. The minimum Gasteiger partial charge on any atom is -0.497 e. The third-order valence-corrected chi connectivity index (χ3v) is 4.04. The zero-order chi connectivity index (χ0) is 16.2. The molecule has 0 saturated heterocycles. The van der Waals surface area contributed by atoms with Gasteiger partial charge in [-0.2, -0.15) is 0 Å². The second kappa shape index (κ2) is 11.0. The van der Waals surface area contributed by atoms with Crippen molar-refractivity contribution < 1.29 is 4.74 Å². The minimum atomic E-state index is 0.929. The van der Waals surface area contributed by atoms with E-state index in [0.717, 1.165) is 24.4 Å². The number of unbranched alkanes of at least 4 members (excludes halogenated alkanes) is 1. The normalized spacial score (nSPS) is 12.3. The third kappa shape index (κ3) is 7.41. The first-order valence-electron chi connectivity index (χ1n) is 7.65. The molecule has 0 fully saturated rings. The molecule has 0 heterocycles. The monoisotopic (exact) mass is 317 g/mol. The van der Waals surface area contributed by atoms with Crippen LogP contribution in [0.2, 0.25) is 0 Å². The van der Waals surface area contributed by atoms with Crippen LogP contribution in [-0.4, -0.2) is 27.0 Å². The van der Waals surface area contributed by atoms with Crippen LogP contribution < -0.4 is 4.90 Å². The van der Waals surface area contributed by atoms with Gasteiger partial charge in [-0.15, -0.1) is 11.8 Å². The number of rotatable bonds is 9. The fourth-order valence-corrected chi connectivity index (χ4v) is 2.50. The van der Waals surface area contributed by atoms with Crippen molar-refractivity contribution in [2.45, 2.75) is 24.7 Å². The molecule has 0 aliphatic carbocycles. The van der Waals surface area contributed by atoms with Crippen molar-refractivity contribution in [3.8, 4) is 0 Å². The van der Waals surface area contributed by atoms with Gasteiger partial charge in [-0.3, -0.25) is 0 Å². The molecule has 0 atom stereocenters. The van der Waals surface area contributed by atoms with Crippen LogP contribution in [0.1, 0.15) is 19.8 Å². The molecule has 22 heavy (non-hydrogen) atoms. The Morgan fingerprint density at radius 2 is 1.91 bits per heavy atom. The van der Waals surface area contributed by atoms with Crippen LogP contribution in [0.15, 0.2) is 65.3 Å². The SMILES string of the molecule is CCC\C=C(/C=C/C=C/CSc1ccc(N(C)C)cc1)OC. The van der Waals surface area contributed by atoms with Gasteiger partial charge >= 0.3 is 0 Å². The lowest BCUT2D eigenvalue weighted by Crippen LogP contribution is -2.07. The van der Waals surface area contributed by atoms with Crippen LogP contribution in [-0.2, 0) is 4.74 Å². The van der Waals surface area contributed by atoms with Crippen LogP contribution in [0.4, 0.5) is 5.69 Å². The van der Waals surface area contributed by atoms with Crippen LogP contribution in [0, 0.1) is 0 Å². The highest BCUT2D eigenvalue weighted by atomic mass is 32.2. The topological polar surface area (TPSA) is 12.5 Å². The van der Waals surface area contributed by atoms with E-state index < -0.39 is 0 Å². The Hall–Kier alpha value is -1.61. The summed E-state index contributed by atoms with van der Waals surface area (Å²) in [5.74, 6) is 1.89. The van der Waals surface area contributed by atoms with Gasteiger partial charge in [0, 0.05) is 30.4 Å². The average molecular weight is 317 g/mol. The summed E-state index contributed by atoms with van der Waals surface area (Å²) in [6, 6.07) is 8.63. The molecule has 0 radical (unpaired) electrons. The highest BCUT2D eigenvalue weighted by Gasteiger charge is 1.95. The number of hydrogen-bond donors (Lipinski definition) is 0. The number of thioether (sulfide) groups is 1. The second-order valence-corrected chi connectivity index (χ2v) is 6.18. The average Bonchev–Trinajstić information content (AvgIpc) is 2.54. The number of anilines is 1. The lowest BCUT2D eigenvalue weighted by molar-refractivity contribution is 0.305. The van der Waals surface area contributed by atoms with Crippen molar-refractivity contribution in [2.24, 2.45) is 0 Å². The third-order valence-electron chi connectivity index (χ3n) is 3.08. The van der Waals surface area contributed by atoms with E-state index in [-0.39, 0.29) is 0 Å². The zero-order valence-corrected chi connectivity index (χ0v) is 14.9. The molecule has 1 aromatic carbocycles. The predicted molar refractivity (Wildman–Crippen MR) is 99.8 cm³/mol. The number of nitrogens with zero attached hydrogens (tertiary/aromatic N) is 1. The van der Waals surface area contributed by atoms with Crippen LogP contribution in [0.25, 0.3) is 0 Å². The largest absolute Gasteiger partial charge is 0.497 e. The molecule has 3 heteroatoms. The molecular formula is C19H27NOS. The van der Waals surface area contributed by atoms with Gasteiger partial charge in [0.2, 0.25) is 0 Å². The number of benzene rings is 1. The zero-order valence-electron chi connectivity index (χ0n) is 14.1. The maximum absolute atomic E-state index is 5.29. The summed E-state index contributed by atoms with van der Waals surface area (Å²) in [4.78, 5) is 3.40. The fourth-order valence-electron chi connectivity index (χ4n) is 1.78. The van der Waals surface area contributed by atoms with Gasteiger partial charge in [-0.05, 0) is 42.8 Å². The van der Waals surface area contributed by atoms with E-state index in [1.807, 2.05) is 23.9 Å². The molecule has 1 rings (SSSR count). The van der Waals surface area contributed by atoms with E-state index in [0.29, 0.717) is 0 Å².